The molecule has 0 amide bonds. The Morgan fingerprint density at radius 1 is 0.730 bits per heavy atom. The van der Waals surface area contributed by atoms with Crippen molar-refractivity contribution in [2.75, 3.05) is 0 Å². The highest BCUT2D eigenvalue weighted by Gasteiger charge is 2.19. The third-order valence-corrected chi connectivity index (χ3v) is 7.77. The number of aromatic nitrogens is 1. The molecule has 0 fully saturated rings. The standard InChI is InChI=1S/C35H30N2/c1-23-18-19-26-12-8-9-15-29(26)34(23)35(36-4)25(3)24(2)27-20-21-33-31(22-27)30-16-10-11-17-32(30)37(33)28-13-6-5-7-14-28/h5-22,24H,4H2,1-3H3/b35-25-. The van der Waals surface area contributed by atoms with Crippen LogP contribution in [0.15, 0.2) is 120 Å². The number of benzene rings is 5. The van der Waals surface area contributed by atoms with Crippen molar-refractivity contribution in [2.45, 2.75) is 26.7 Å². The molecule has 0 aliphatic carbocycles. The Labute approximate surface area is 218 Å². The predicted octanol–water partition coefficient (Wildman–Crippen LogP) is 9.48. The van der Waals surface area contributed by atoms with E-state index < -0.39 is 0 Å². The van der Waals surface area contributed by atoms with E-state index in [4.69, 9.17) is 0 Å². The van der Waals surface area contributed by atoms with Crippen LogP contribution in [0.1, 0.15) is 36.5 Å². The van der Waals surface area contributed by atoms with Crippen molar-refractivity contribution in [2.24, 2.45) is 4.99 Å². The zero-order valence-electron chi connectivity index (χ0n) is 21.6. The molecule has 0 aliphatic rings. The summed E-state index contributed by atoms with van der Waals surface area (Å²) in [6.45, 7) is 10.6. The van der Waals surface area contributed by atoms with Crippen molar-refractivity contribution in [3.05, 3.63) is 131 Å². The van der Waals surface area contributed by atoms with E-state index in [0.29, 0.717) is 0 Å². The molecule has 0 bridgehead atoms. The maximum atomic E-state index is 4.60. The van der Waals surface area contributed by atoms with E-state index >= 15 is 0 Å². The van der Waals surface area contributed by atoms with Crippen molar-refractivity contribution in [1.29, 1.82) is 0 Å². The van der Waals surface area contributed by atoms with E-state index in [-0.39, 0.29) is 5.92 Å². The van der Waals surface area contributed by atoms with Crippen LogP contribution in [0.2, 0.25) is 0 Å². The normalized spacial score (nSPS) is 13.2. The number of fused-ring (bicyclic) bond motifs is 4. The lowest BCUT2D eigenvalue weighted by Gasteiger charge is -2.19. The monoisotopic (exact) mass is 478 g/mol. The smallest absolute Gasteiger partial charge is 0.0698 e. The van der Waals surface area contributed by atoms with Crippen LogP contribution < -0.4 is 0 Å². The van der Waals surface area contributed by atoms with Crippen molar-refractivity contribution in [3.63, 3.8) is 0 Å². The average molecular weight is 479 g/mol. The second-order valence-corrected chi connectivity index (χ2v) is 9.85. The summed E-state index contributed by atoms with van der Waals surface area (Å²) in [5.74, 6) is 0.183. The van der Waals surface area contributed by atoms with Crippen LogP contribution in [0.4, 0.5) is 0 Å². The second-order valence-electron chi connectivity index (χ2n) is 9.85. The van der Waals surface area contributed by atoms with Gasteiger partial charge in [-0.2, -0.15) is 0 Å². The molecule has 180 valence electrons. The number of hydrogen-bond acceptors (Lipinski definition) is 1. The van der Waals surface area contributed by atoms with E-state index in [0.717, 1.165) is 5.70 Å². The third-order valence-electron chi connectivity index (χ3n) is 7.77. The van der Waals surface area contributed by atoms with Crippen LogP contribution in [0, 0.1) is 6.92 Å². The van der Waals surface area contributed by atoms with E-state index in [9.17, 15) is 0 Å². The molecule has 1 atom stereocenters. The number of allylic oxidation sites excluding steroid dienone is 1. The van der Waals surface area contributed by atoms with Gasteiger partial charge in [0, 0.05) is 27.9 Å². The first-order chi connectivity index (χ1) is 18.1. The molecule has 0 aliphatic heterocycles. The molecule has 2 heteroatoms. The highest BCUT2D eigenvalue weighted by atomic mass is 15.0. The Bertz CT molecular complexity index is 1820. The zero-order chi connectivity index (χ0) is 25.5. The molecule has 0 spiro atoms. The van der Waals surface area contributed by atoms with E-state index in [2.05, 4.69) is 146 Å². The summed E-state index contributed by atoms with van der Waals surface area (Å²) in [5.41, 5.74) is 9.50. The maximum Gasteiger partial charge on any atom is 0.0698 e. The Hall–Kier alpha value is -4.43. The fourth-order valence-corrected chi connectivity index (χ4v) is 5.67. The topological polar surface area (TPSA) is 17.3 Å². The fourth-order valence-electron chi connectivity index (χ4n) is 5.67. The van der Waals surface area contributed by atoms with Gasteiger partial charge < -0.3 is 4.57 Å². The van der Waals surface area contributed by atoms with Crippen LogP contribution in [0.25, 0.3) is 44.0 Å². The van der Waals surface area contributed by atoms with E-state index in [1.807, 2.05) is 0 Å². The molecule has 37 heavy (non-hydrogen) atoms. The van der Waals surface area contributed by atoms with Crippen LogP contribution >= 0.6 is 0 Å². The molecule has 1 unspecified atom stereocenters. The Morgan fingerprint density at radius 2 is 1.41 bits per heavy atom. The molecular formula is C35H30N2. The molecule has 6 aromatic rings. The largest absolute Gasteiger partial charge is 0.309 e. The van der Waals surface area contributed by atoms with Crippen molar-refractivity contribution >= 4 is 45.0 Å². The van der Waals surface area contributed by atoms with Gasteiger partial charge in [0.15, 0.2) is 0 Å². The zero-order valence-corrected chi connectivity index (χ0v) is 21.6. The molecule has 0 saturated carbocycles. The Kier molecular flexibility index (Phi) is 5.73. The minimum atomic E-state index is 0.183. The summed E-state index contributed by atoms with van der Waals surface area (Å²) in [6, 6.07) is 39.1. The lowest BCUT2D eigenvalue weighted by atomic mass is 9.87. The van der Waals surface area contributed by atoms with E-state index in [1.165, 1.54) is 60.5 Å². The Balaban J connectivity index is 1.53. The van der Waals surface area contributed by atoms with Gasteiger partial charge in [0.05, 0.1) is 16.7 Å². The Morgan fingerprint density at radius 3 is 2.19 bits per heavy atom. The first-order valence-corrected chi connectivity index (χ1v) is 12.8. The number of hydrogen-bond donors (Lipinski definition) is 0. The average Bonchev–Trinajstić information content (AvgIpc) is 3.28. The molecule has 0 N–H and O–H groups in total. The second kappa shape index (κ2) is 9.22. The number of aryl methyl sites for hydroxylation is 1. The molecule has 0 radical (unpaired) electrons. The molecule has 5 aromatic carbocycles. The highest BCUT2D eigenvalue weighted by molar-refractivity contribution is 6.09. The minimum absolute atomic E-state index is 0.183. The summed E-state index contributed by atoms with van der Waals surface area (Å²) < 4.78 is 2.36. The fraction of sp³-hybridized carbons (Fsp3) is 0.114. The van der Waals surface area contributed by atoms with Crippen LogP contribution in [-0.4, -0.2) is 11.3 Å². The molecule has 6 rings (SSSR count). The number of aliphatic imine (C=N–C) groups is 1. The first kappa shape index (κ1) is 23.0. The minimum Gasteiger partial charge on any atom is -0.309 e. The summed E-state index contributed by atoms with van der Waals surface area (Å²) >= 11 is 0. The van der Waals surface area contributed by atoms with E-state index in [1.54, 1.807) is 0 Å². The molecule has 0 saturated heterocycles. The van der Waals surface area contributed by atoms with Gasteiger partial charge >= 0.3 is 0 Å². The van der Waals surface area contributed by atoms with Gasteiger partial charge in [0.2, 0.25) is 0 Å². The number of rotatable bonds is 5. The van der Waals surface area contributed by atoms with Gasteiger partial charge in [-0.05, 0) is 78.4 Å². The third kappa shape index (κ3) is 3.77. The van der Waals surface area contributed by atoms with Crippen molar-refractivity contribution in [3.8, 4) is 5.69 Å². The van der Waals surface area contributed by atoms with Gasteiger partial charge in [-0.25, -0.2) is 0 Å². The summed E-state index contributed by atoms with van der Waals surface area (Å²) in [4.78, 5) is 4.60. The summed E-state index contributed by atoms with van der Waals surface area (Å²) in [5, 5.41) is 4.98. The lowest BCUT2D eigenvalue weighted by molar-refractivity contribution is 0.896. The van der Waals surface area contributed by atoms with Crippen LogP contribution in [0.5, 0.6) is 0 Å². The van der Waals surface area contributed by atoms with Gasteiger partial charge in [0.25, 0.3) is 0 Å². The van der Waals surface area contributed by atoms with Crippen LogP contribution in [0.3, 0.4) is 0 Å². The predicted molar refractivity (Wildman–Crippen MR) is 160 cm³/mol. The van der Waals surface area contributed by atoms with Gasteiger partial charge in [-0.15, -0.1) is 0 Å². The summed E-state index contributed by atoms with van der Waals surface area (Å²) in [6.07, 6.45) is 0. The SMILES string of the molecule is C=N/C(=C(/C)C(C)c1ccc2c(c1)c1ccccc1n2-c1ccccc1)c1c(C)ccc2ccccc12. The maximum absolute atomic E-state index is 4.60. The number of para-hydroxylation sites is 2. The summed E-state index contributed by atoms with van der Waals surface area (Å²) in [7, 11) is 0. The number of nitrogens with zero attached hydrogens (tertiary/aromatic N) is 2. The quantitative estimate of drug-likeness (QED) is 0.220. The first-order valence-electron chi connectivity index (χ1n) is 12.8. The van der Waals surface area contributed by atoms with Gasteiger partial charge in [-0.1, -0.05) is 85.8 Å². The lowest BCUT2D eigenvalue weighted by Crippen LogP contribution is -2.01. The van der Waals surface area contributed by atoms with Crippen LogP contribution in [-0.2, 0) is 0 Å². The van der Waals surface area contributed by atoms with Gasteiger partial charge in [0.1, 0.15) is 0 Å². The van der Waals surface area contributed by atoms with Crippen molar-refractivity contribution in [1.82, 2.24) is 4.57 Å². The van der Waals surface area contributed by atoms with Gasteiger partial charge in [-0.3, -0.25) is 4.99 Å². The molecule has 1 aromatic heterocycles. The highest BCUT2D eigenvalue weighted by Crippen LogP contribution is 2.38. The van der Waals surface area contributed by atoms with Crippen molar-refractivity contribution < 1.29 is 0 Å². The molecular weight excluding hydrogens is 448 g/mol. The molecule has 1 heterocycles. The molecule has 2 nitrogen and oxygen atoms in total.